The Hall–Kier alpha value is -2.34. The first-order valence-corrected chi connectivity index (χ1v) is 10.8. The number of hydrogen-bond acceptors (Lipinski definition) is 3. The van der Waals surface area contributed by atoms with Crippen LogP contribution in [0.15, 0.2) is 59.5 Å². The van der Waals surface area contributed by atoms with Crippen LogP contribution in [0.3, 0.4) is 0 Å². The summed E-state index contributed by atoms with van der Waals surface area (Å²) in [6, 6.07) is 15.1. The van der Waals surface area contributed by atoms with Gasteiger partial charge in [0.15, 0.2) is 0 Å². The number of rotatable bonds is 6. The van der Waals surface area contributed by atoms with Crippen molar-refractivity contribution in [1.29, 1.82) is 0 Å². The maximum Gasteiger partial charge on any atom is 0.264 e. The molecule has 0 atom stereocenters. The van der Waals surface area contributed by atoms with Crippen LogP contribution in [-0.2, 0) is 10.0 Å². The van der Waals surface area contributed by atoms with Crippen LogP contribution >= 0.6 is 0 Å². The molecule has 1 aliphatic carbocycles. The van der Waals surface area contributed by atoms with Crippen molar-refractivity contribution in [2.45, 2.75) is 37.0 Å². The van der Waals surface area contributed by atoms with E-state index in [1.54, 1.807) is 36.4 Å². The highest BCUT2D eigenvalue weighted by Crippen LogP contribution is 2.24. The van der Waals surface area contributed by atoms with Crippen LogP contribution in [0.1, 0.15) is 42.5 Å². The largest absolute Gasteiger partial charge is 0.352 e. The molecule has 1 aliphatic rings. The maximum atomic E-state index is 12.9. The van der Waals surface area contributed by atoms with Crippen LogP contribution in [0.2, 0.25) is 0 Å². The molecule has 0 aliphatic heterocycles. The quantitative estimate of drug-likeness (QED) is 0.821. The van der Waals surface area contributed by atoms with Gasteiger partial charge in [0.05, 0.1) is 10.6 Å². The Bertz CT molecular complexity index is 875. The van der Waals surface area contributed by atoms with Gasteiger partial charge < -0.3 is 5.32 Å². The number of nitrogens with zero attached hydrogens (tertiary/aromatic N) is 1. The van der Waals surface area contributed by atoms with E-state index in [-0.39, 0.29) is 10.8 Å². The second-order valence-electron chi connectivity index (χ2n) is 7.05. The van der Waals surface area contributed by atoms with Crippen LogP contribution in [0.5, 0.6) is 0 Å². The van der Waals surface area contributed by atoms with E-state index in [2.05, 4.69) is 5.32 Å². The molecule has 27 heavy (non-hydrogen) atoms. The maximum absolute atomic E-state index is 12.9. The molecule has 1 amide bonds. The summed E-state index contributed by atoms with van der Waals surface area (Å²) in [7, 11) is -2.22. The Morgan fingerprint density at radius 2 is 1.74 bits per heavy atom. The molecule has 2 aromatic rings. The number of carbonyl (C=O) groups is 1. The lowest BCUT2D eigenvalue weighted by molar-refractivity contribution is 0.0943. The SMILES string of the molecule is CN(c1ccccc1)S(=O)(=O)c1cccc(C(=O)NCC2CCCCC2)c1. The number of benzene rings is 2. The van der Waals surface area contributed by atoms with E-state index in [1.165, 1.54) is 42.7 Å². The van der Waals surface area contributed by atoms with Gasteiger partial charge in [-0.05, 0) is 49.1 Å². The molecular weight excluding hydrogens is 360 g/mol. The summed E-state index contributed by atoms with van der Waals surface area (Å²) in [5.41, 5.74) is 0.943. The van der Waals surface area contributed by atoms with E-state index in [1.807, 2.05) is 6.07 Å². The molecule has 0 heterocycles. The van der Waals surface area contributed by atoms with Gasteiger partial charge in [-0.15, -0.1) is 0 Å². The third kappa shape index (κ3) is 4.69. The summed E-state index contributed by atoms with van der Waals surface area (Å²) in [4.78, 5) is 12.6. The summed E-state index contributed by atoms with van der Waals surface area (Å²) < 4.78 is 27.0. The average molecular weight is 387 g/mol. The highest BCUT2D eigenvalue weighted by Gasteiger charge is 2.22. The fourth-order valence-corrected chi connectivity index (χ4v) is 4.70. The lowest BCUT2D eigenvalue weighted by Crippen LogP contribution is -2.31. The third-order valence-corrected chi connectivity index (χ3v) is 6.93. The fourth-order valence-electron chi connectivity index (χ4n) is 3.46. The molecule has 1 N–H and O–H groups in total. The molecule has 3 rings (SSSR count). The van der Waals surface area contributed by atoms with Gasteiger partial charge in [-0.3, -0.25) is 9.10 Å². The number of para-hydroxylation sites is 1. The van der Waals surface area contributed by atoms with Crippen molar-refractivity contribution >= 4 is 21.6 Å². The molecule has 1 saturated carbocycles. The van der Waals surface area contributed by atoms with E-state index in [0.717, 1.165) is 12.8 Å². The Morgan fingerprint density at radius 3 is 2.44 bits per heavy atom. The van der Waals surface area contributed by atoms with Gasteiger partial charge in [0.1, 0.15) is 0 Å². The van der Waals surface area contributed by atoms with Gasteiger partial charge in [0.25, 0.3) is 15.9 Å². The minimum Gasteiger partial charge on any atom is -0.352 e. The van der Waals surface area contributed by atoms with Crippen molar-refractivity contribution in [3.05, 3.63) is 60.2 Å². The normalized spacial score (nSPS) is 15.3. The van der Waals surface area contributed by atoms with Crippen molar-refractivity contribution in [3.8, 4) is 0 Å². The van der Waals surface area contributed by atoms with E-state index < -0.39 is 10.0 Å². The summed E-state index contributed by atoms with van der Waals surface area (Å²) in [6.07, 6.45) is 6.02. The van der Waals surface area contributed by atoms with Gasteiger partial charge in [-0.2, -0.15) is 0 Å². The van der Waals surface area contributed by atoms with E-state index >= 15 is 0 Å². The number of hydrogen-bond donors (Lipinski definition) is 1. The summed E-state index contributed by atoms with van der Waals surface area (Å²) >= 11 is 0. The first-order chi connectivity index (χ1) is 13.0. The molecule has 0 bridgehead atoms. The standard InChI is InChI=1S/C21H26N2O3S/c1-23(19-12-6-3-7-13-19)27(25,26)20-14-8-11-18(15-20)21(24)22-16-17-9-4-2-5-10-17/h3,6-8,11-15,17H,2,4-5,9-10,16H2,1H3,(H,22,24). The third-order valence-electron chi connectivity index (χ3n) is 5.15. The van der Waals surface area contributed by atoms with Gasteiger partial charge in [0, 0.05) is 19.2 Å². The Morgan fingerprint density at radius 1 is 1.04 bits per heavy atom. The topological polar surface area (TPSA) is 66.5 Å². The lowest BCUT2D eigenvalue weighted by Gasteiger charge is -2.22. The summed E-state index contributed by atoms with van der Waals surface area (Å²) in [5, 5.41) is 2.96. The molecule has 2 aromatic carbocycles. The first-order valence-electron chi connectivity index (χ1n) is 9.41. The van der Waals surface area contributed by atoms with Gasteiger partial charge in [-0.1, -0.05) is 43.5 Å². The number of carbonyl (C=O) groups excluding carboxylic acids is 1. The zero-order chi connectivity index (χ0) is 19.3. The number of anilines is 1. The predicted octanol–water partition coefficient (Wildman–Crippen LogP) is 3.82. The van der Waals surface area contributed by atoms with Crippen LogP contribution in [0.25, 0.3) is 0 Å². The highest BCUT2D eigenvalue weighted by molar-refractivity contribution is 7.92. The van der Waals surface area contributed by atoms with E-state index in [0.29, 0.717) is 23.7 Å². The Labute approximate surface area is 161 Å². The molecular formula is C21H26N2O3S. The van der Waals surface area contributed by atoms with E-state index in [9.17, 15) is 13.2 Å². The second-order valence-corrected chi connectivity index (χ2v) is 9.02. The van der Waals surface area contributed by atoms with Crippen molar-refractivity contribution in [2.75, 3.05) is 17.9 Å². The lowest BCUT2D eigenvalue weighted by atomic mass is 9.89. The molecule has 6 heteroatoms. The van der Waals surface area contributed by atoms with Crippen molar-refractivity contribution < 1.29 is 13.2 Å². The number of amides is 1. The molecule has 0 radical (unpaired) electrons. The summed E-state index contributed by atoms with van der Waals surface area (Å²) in [6.45, 7) is 0.653. The van der Waals surface area contributed by atoms with Crippen LogP contribution in [0.4, 0.5) is 5.69 Å². The fraction of sp³-hybridized carbons (Fsp3) is 0.381. The first kappa shape index (κ1) is 19.4. The zero-order valence-corrected chi connectivity index (χ0v) is 16.4. The molecule has 0 saturated heterocycles. The van der Waals surface area contributed by atoms with Crippen LogP contribution < -0.4 is 9.62 Å². The van der Waals surface area contributed by atoms with Crippen molar-refractivity contribution in [2.24, 2.45) is 5.92 Å². The molecule has 1 fully saturated rings. The number of nitrogens with one attached hydrogen (secondary N) is 1. The van der Waals surface area contributed by atoms with Crippen LogP contribution in [0, 0.1) is 5.92 Å². The van der Waals surface area contributed by atoms with Gasteiger partial charge in [0.2, 0.25) is 0 Å². The minimum atomic E-state index is -3.73. The summed E-state index contributed by atoms with van der Waals surface area (Å²) in [5.74, 6) is 0.304. The molecule has 144 valence electrons. The second kappa shape index (κ2) is 8.57. The molecule has 0 aromatic heterocycles. The predicted molar refractivity (Wildman–Crippen MR) is 107 cm³/mol. The van der Waals surface area contributed by atoms with Crippen molar-refractivity contribution in [3.63, 3.8) is 0 Å². The smallest absolute Gasteiger partial charge is 0.264 e. The monoisotopic (exact) mass is 386 g/mol. The van der Waals surface area contributed by atoms with Crippen molar-refractivity contribution in [1.82, 2.24) is 5.32 Å². The molecule has 5 nitrogen and oxygen atoms in total. The zero-order valence-electron chi connectivity index (χ0n) is 15.6. The highest BCUT2D eigenvalue weighted by atomic mass is 32.2. The van der Waals surface area contributed by atoms with Crippen LogP contribution in [-0.4, -0.2) is 27.9 Å². The minimum absolute atomic E-state index is 0.110. The Kier molecular flexibility index (Phi) is 6.16. The average Bonchev–Trinajstić information content (AvgIpc) is 2.73. The molecule has 0 spiro atoms. The Balaban J connectivity index is 1.73. The van der Waals surface area contributed by atoms with Gasteiger partial charge >= 0.3 is 0 Å². The number of sulfonamides is 1. The van der Waals surface area contributed by atoms with E-state index in [4.69, 9.17) is 0 Å². The molecule has 0 unspecified atom stereocenters. The van der Waals surface area contributed by atoms with Gasteiger partial charge in [-0.25, -0.2) is 8.42 Å².